The number of nitrogens with zero attached hydrogens (tertiary/aromatic N) is 1. The number of halogens is 3. The predicted molar refractivity (Wildman–Crippen MR) is 148 cm³/mol. The molecule has 0 spiro atoms. The van der Waals surface area contributed by atoms with Crippen LogP contribution in [-0.4, -0.2) is 24.5 Å². The fraction of sp³-hybridized carbons (Fsp3) is 0.179. The van der Waals surface area contributed by atoms with E-state index in [1.165, 1.54) is 6.08 Å². The Morgan fingerprint density at radius 2 is 1.55 bits per heavy atom. The molecule has 1 aliphatic heterocycles. The number of carbonyl (C=O) groups excluding carboxylic acids is 3. The van der Waals surface area contributed by atoms with Crippen LogP contribution >= 0.6 is 34.8 Å². The Labute approximate surface area is 234 Å². The van der Waals surface area contributed by atoms with Gasteiger partial charge in [0, 0.05) is 0 Å². The summed E-state index contributed by atoms with van der Waals surface area (Å²) in [5, 5.41) is 3.25. The molecule has 3 aromatic carbocycles. The smallest absolute Gasteiger partial charge is 0.335 e. The minimum absolute atomic E-state index is 0.145. The molecular weight excluding hydrogens is 551 g/mol. The van der Waals surface area contributed by atoms with Crippen molar-refractivity contribution in [3.05, 3.63) is 91.9 Å². The predicted octanol–water partition coefficient (Wildman–Crippen LogP) is 6.85. The molecule has 0 atom stereocenters. The van der Waals surface area contributed by atoms with E-state index in [0.29, 0.717) is 33.7 Å². The Kier molecular flexibility index (Phi) is 8.62. The van der Waals surface area contributed by atoms with Crippen molar-refractivity contribution in [1.82, 2.24) is 5.32 Å². The number of rotatable bonds is 8. The van der Waals surface area contributed by atoms with Crippen molar-refractivity contribution in [3.8, 4) is 11.5 Å². The molecule has 0 aliphatic carbocycles. The molecule has 1 N–H and O–H groups in total. The van der Waals surface area contributed by atoms with Crippen molar-refractivity contribution in [3.63, 3.8) is 0 Å². The van der Waals surface area contributed by atoms with E-state index in [9.17, 15) is 14.4 Å². The maximum atomic E-state index is 13.2. The molecule has 3 aromatic rings. The van der Waals surface area contributed by atoms with Crippen LogP contribution in [0.25, 0.3) is 6.08 Å². The van der Waals surface area contributed by atoms with Gasteiger partial charge in [-0.2, -0.15) is 0 Å². The van der Waals surface area contributed by atoms with Crippen molar-refractivity contribution in [2.45, 2.75) is 26.9 Å². The summed E-state index contributed by atoms with van der Waals surface area (Å²) >= 11 is 18.6. The molecule has 7 nitrogen and oxygen atoms in total. The number of hydrogen-bond acceptors (Lipinski definition) is 5. The number of carbonyl (C=O) groups is 3. The van der Waals surface area contributed by atoms with Gasteiger partial charge in [-0.25, -0.2) is 9.69 Å². The maximum absolute atomic E-state index is 13.2. The van der Waals surface area contributed by atoms with Crippen LogP contribution in [0, 0.1) is 0 Å². The molecule has 0 radical (unpaired) electrons. The largest absolute Gasteiger partial charge is 0.490 e. The fourth-order valence-electron chi connectivity index (χ4n) is 3.80. The lowest BCUT2D eigenvalue weighted by Gasteiger charge is -2.26. The molecule has 1 aliphatic rings. The standard InChI is InChI=1S/C28H23Cl3N2O5/c1-3-16-5-8-19(9-6-16)33-27(35)20(26(34)32-28(33)36)11-18-13-23(31)25(24(14-18)37-4-2)38-15-17-7-10-21(29)22(30)12-17/h5-14H,3-4,15H2,1-2H3,(H,32,34,36)/b20-11-. The molecule has 1 heterocycles. The highest BCUT2D eigenvalue weighted by Gasteiger charge is 2.36. The van der Waals surface area contributed by atoms with Gasteiger partial charge < -0.3 is 9.47 Å². The summed E-state index contributed by atoms with van der Waals surface area (Å²) in [6.45, 7) is 4.26. The normalized spacial score (nSPS) is 14.6. The van der Waals surface area contributed by atoms with Crippen LogP contribution in [0.3, 0.4) is 0 Å². The third-order valence-corrected chi connectivity index (χ3v) is 6.73. The van der Waals surface area contributed by atoms with Crippen LogP contribution in [0.5, 0.6) is 11.5 Å². The Bertz CT molecular complexity index is 1440. The number of anilines is 1. The molecule has 196 valence electrons. The lowest BCUT2D eigenvalue weighted by atomic mass is 10.1. The molecule has 0 bridgehead atoms. The van der Waals surface area contributed by atoms with Gasteiger partial charge in [0.25, 0.3) is 11.8 Å². The van der Waals surface area contributed by atoms with Crippen LogP contribution < -0.4 is 19.7 Å². The van der Waals surface area contributed by atoms with E-state index >= 15 is 0 Å². The second kappa shape index (κ2) is 11.9. The van der Waals surface area contributed by atoms with Crippen LogP contribution in [0.15, 0.2) is 60.2 Å². The van der Waals surface area contributed by atoms with E-state index in [0.717, 1.165) is 22.4 Å². The number of amides is 4. The van der Waals surface area contributed by atoms with Crippen molar-refractivity contribution < 1.29 is 23.9 Å². The van der Waals surface area contributed by atoms with Crippen LogP contribution in [0.4, 0.5) is 10.5 Å². The first-order chi connectivity index (χ1) is 18.2. The first-order valence-corrected chi connectivity index (χ1v) is 12.9. The Hall–Kier alpha value is -3.52. The number of aryl methyl sites for hydroxylation is 1. The average Bonchev–Trinajstić information content (AvgIpc) is 2.88. The van der Waals surface area contributed by atoms with Gasteiger partial charge in [-0.05, 0) is 72.5 Å². The van der Waals surface area contributed by atoms with Gasteiger partial charge in [0.05, 0.1) is 27.4 Å². The third kappa shape index (κ3) is 5.96. The summed E-state index contributed by atoms with van der Waals surface area (Å²) in [6, 6.07) is 14.4. The molecule has 0 saturated carbocycles. The van der Waals surface area contributed by atoms with Crippen molar-refractivity contribution in [2.24, 2.45) is 0 Å². The zero-order valence-corrected chi connectivity index (χ0v) is 22.8. The zero-order chi connectivity index (χ0) is 27.4. The number of benzene rings is 3. The molecule has 10 heteroatoms. The Morgan fingerprint density at radius 3 is 2.21 bits per heavy atom. The second-order valence-electron chi connectivity index (χ2n) is 8.28. The van der Waals surface area contributed by atoms with Gasteiger partial charge in [0.1, 0.15) is 12.2 Å². The molecule has 1 saturated heterocycles. The minimum atomic E-state index is -0.819. The van der Waals surface area contributed by atoms with E-state index in [1.54, 1.807) is 49.4 Å². The number of imide groups is 2. The van der Waals surface area contributed by atoms with Crippen molar-refractivity contribution in [2.75, 3.05) is 11.5 Å². The molecular formula is C28H23Cl3N2O5. The first kappa shape index (κ1) is 27.5. The first-order valence-electron chi connectivity index (χ1n) is 11.7. The lowest BCUT2D eigenvalue weighted by Crippen LogP contribution is -2.54. The maximum Gasteiger partial charge on any atom is 0.335 e. The van der Waals surface area contributed by atoms with E-state index in [2.05, 4.69) is 5.32 Å². The zero-order valence-electron chi connectivity index (χ0n) is 20.5. The lowest BCUT2D eigenvalue weighted by molar-refractivity contribution is -0.122. The quantitative estimate of drug-likeness (QED) is 0.235. The molecule has 1 fully saturated rings. The van der Waals surface area contributed by atoms with Gasteiger partial charge in [0.2, 0.25) is 0 Å². The number of nitrogens with one attached hydrogen (secondary N) is 1. The van der Waals surface area contributed by atoms with E-state index in [4.69, 9.17) is 44.3 Å². The van der Waals surface area contributed by atoms with E-state index in [1.807, 2.05) is 19.1 Å². The average molecular weight is 574 g/mol. The summed E-state index contributed by atoms with van der Waals surface area (Å²) in [5.41, 5.74) is 2.35. The Balaban J connectivity index is 1.64. The number of barbiturate groups is 1. The minimum Gasteiger partial charge on any atom is -0.490 e. The number of hydrogen-bond donors (Lipinski definition) is 1. The highest BCUT2D eigenvalue weighted by atomic mass is 35.5. The topological polar surface area (TPSA) is 84.9 Å². The van der Waals surface area contributed by atoms with Crippen LogP contribution in [0.2, 0.25) is 15.1 Å². The summed E-state index contributed by atoms with van der Waals surface area (Å²) in [4.78, 5) is 39.3. The summed E-state index contributed by atoms with van der Waals surface area (Å²) in [6.07, 6.45) is 2.16. The summed E-state index contributed by atoms with van der Waals surface area (Å²) < 4.78 is 11.6. The molecule has 0 unspecified atom stereocenters. The number of ether oxygens (including phenoxy) is 2. The van der Waals surface area contributed by atoms with Gasteiger partial charge in [-0.15, -0.1) is 0 Å². The van der Waals surface area contributed by atoms with Crippen molar-refractivity contribution in [1.29, 1.82) is 0 Å². The van der Waals surface area contributed by atoms with E-state index in [-0.39, 0.29) is 23.0 Å². The van der Waals surface area contributed by atoms with E-state index < -0.39 is 17.8 Å². The molecule has 4 rings (SSSR count). The second-order valence-corrected chi connectivity index (χ2v) is 9.50. The van der Waals surface area contributed by atoms with Crippen molar-refractivity contribution >= 4 is 64.4 Å². The summed E-state index contributed by atoms with van der Waals surface area (Å²) in [7, 11) is 0. The monoisotopic (exact) mass is 572 g/mol. The fourth-order valence-corrected chi connectivity index (χ4v) is 4.39. The molecule has 0 aromatic heterocycles. The van der Waals surface area contributed by atoms with Gasteiger partial charge >= 0.3 is 6.03 Å². The van der Waals surface area contributed by atoms with Crippen LogP contribution in [-0.2, 0) is 22.6 Å². The SMILES string of the molecule is CCOc1cc(/C=C2/C(=O)NC(=O)N(c3ccc(CC)cc3)C2=O)cc(Cl)c1OCc1ccc(Cl)c(Cl)c1. The van der Waals surface area contributed by atoms with Crippen LogP contribution in [0.1, 0.15) is 30.5 Å². The number of urea groups is 1. The Morgan fingerprint density at radius 1 is 0.842 bits per heavy atom. The van der Waals surface area contributed by atoms with Gasteiger partial charge in [0.15, 0.2) is 11.5 Å². The summed E-state index contributed by atoms with van der Waals surface area (Å²) in [5.74, 6) is -0.958. The van der Waals surface area contributed by atoms with Gasteiger partial charge in [-0.3, -0.25) is 14.9 Å². The molecule has 38 heavy (non-hydrogen) atoms. The third-order valence-electron chi connectivity index (χ3n) is 5.71. The van der Waals surface area contributed by atoms with Gasteiger partial charge in [-0.1, -0.05) is 59.9 Å². The highest BCUT2D eigenvalue weighted by Crippen LogP contribution is 2.38. The molecule has 4 amide bonds. The highest BCUT2D eigenvalue weighted by molar-refractivity contribution is 6.42.